The number of benzene rings is 1. The molecule has 0 unspecified atom stereocenters. The van der Waals surface area contributed by atoms with Crippen LogP contribution in [0.4, 0.5) is 5.69 Å². The van der Waals surface area contributed by atoms with E-state index < -0.39 is 0 Å². The van der Waals surface area contributed by atoms with Gasteiger partial charge in [-0.3, -0.25) is 0 Å². The van der Waals surface area contributed by atoms with Gasteiger partial charge < -0.3 is 10.6 Å². The number of hydrogen-bond acceptors (Lipinski definition) is 2. The number of para-hydroxylation sites is 1. The molecule has 0 bridgehead atoms. The molecule has 15 heavy (non-hydrogen) atoms. The van der Waals surface area contributed by atoms with Crippen molar-refractivity contribution in [1.29, 1.82) is 0 Å². The Bertz CT molecular complexity index is 353. The van der Waals surface area contributed by atoms with E-state index >= 15 is 0 Å². The summed E-state index contributed by atoms with van der Waals surface area (Å²) in [6.07, 6.45) is 3.89. The number of anilines is 1. The quantitative estimate of drug-likeness (QED) is 0.673. The van der Waals surface area contributed by atoms with Crippen molar-refractivity contribution in [2.75, 3.05) is 25.0 Å². The summed E-state index contributed by atoms with van der Waals surface area (Å²) >= 11 is 0. The Labute approximate surface area is 91.1 Å². The van der Waals surface area contributed by atoms with Gasteiger partial charge in [0.15, 0.2) is 0 Å². The van der Waals surface area contributed by atoms with Crippen LogP contribution in [-0.4, -0.2) is 19.6 Å². The third kappa shape index (κ3) is 1.44. The minimum Gasteiger partial charge on any atom is -0.385 e. The fraction of sp³-hybridized carbons (Fsp3) is 0.538. The van der Waals surface area contributed by atoms with Crippen molar-refractivity contribution in [2.45, 2.75) is 24.7 Å². The molecule has 2 heteroatoms. The molecule has 1 spiro atoms. The van der Waals surface area contributed by atoms with E-state index in [0.717, 1.165) is 6.54 Å². The van der Waals surface area contributed by atoms with Crippen LogP contribution in [0.1, 0.15) is 24.8 Å². The van der Waals surface area contributed by atoms with Crippen LogP contribution in [0, 0.1) is 0 Å². The lowest BCUT2D eigenvalue weighted by Gasteiger charge is -2.42. The average Bonchev–Trinajstić information content (AvgIpc) is 2.31. The van der Waals surface area contributed by atoms with E-state index in [1.165, 1.54) is 38.0 Å². The molecule has 0 aromatic heterocycles. The zero-order valence-electron chi connectivity index (χ0n) is 9.05. The minimum absolute atomic E-state index is 0.465. The normalized spacial score (nSPS) is 23.2. The van der Waals surface area contributed by atoms with Crippen molar-refractivity contribution >= 4 is 5.69 Å². The van der Waals surface area contributed by atoms with E-state index in [4.69, 9.17) is 0 Å². The van der Waals surface area contributed by atoms with Crippen LogP contribution in [0.25, 0.3) is 0 Å². The lowest BCUT2D eigenvalue weighted by atomic mass is 9.69. The van der Waals surface area contributed by atoms with E-state index in [9.17, 15) is 0 Å². The summed E-state index contributed by atoms with van der Waals surface area (Å²) < 4.78 is 0. The lowest BCUT2D eigenvalue weighted by molar-refractivity contribution is 0.289. The summed E-state index contributed by atoms with van der Waals surface area (Å²) in [5, 5.41) is 6.98. The lowest BCUT2D eigenvalue weighted by Crippen LogP contribution is -2.43. The second kappa shape index (κ2) is 3.53. The highest BCUT2D eigenvalue weighted by molar-refractivity contribution is 5.57. The van der Waals surface area contributed by atoms with Crippen molar-refractivity contribution in [3.63, 3.8) is 0 Å². The minimum atomic E-state index is 0.465. The molecular weight excluding hydrogens is 184 g/mol. The van der Waals surface area contributed by atoms with Gasteiger partial charge in [-0.2, -0.15) is 0 Å². The number of fused-ring (bicyclic) bond motifs is 2. The highest BCUT2D eigenvalue weighted by Crippen LogP contribution is 2.42. The molecular formula is C13H18N2. The van der Waals surface area contributed by atoms with Gasteiger partial charge in [0, 0.05) is 17.6 Å². The average molecular weight is 202 g/mol. The fourth-order valence-corrected chi connectivity index (χ4v) is 3.10. The van der Waals surface area contributed by atoms with Crippen LogP contribution >= 0.6 is 0 Å². The van der Waals surface area contributed by atoms with Gasteiger partial charge in [0.1, 0.15) is 0 Å². The van der Waals surface area contributed by atoms with E-state index in [1.807, 2.05) is 0 Å². The third-order valence-corrected chi connectivity index (χ3v) is 3.98. The van der Waals surface area contributed by atoms with Gasteiger partial charge in [0.25, 0.3) is 0 Å². The smallest absolute Gasteiger partial charge is 0.0378 e. The first kappa shape index (κ1) is 9.22. The summed E-state index contributed by atoms with van der Waals surface area (Å²) in [6.45, 7) is 3.49. The van der Waals surface area contributed by atoms with Crippen LogP contribution in [0.15, 0.2) is 24.3 Å². The van der Waals surface area contributed by atoms with Crippen LogP contribution in [0.5, 0.6) is 0 Å². The zero-order chi connectivity index (χ0) is 10.1. The summed E-state index contributed by atoms with van der Waals surface area (Å²) in [5.74, 6) is 0. The van der Waals surface area contributed by atoms with Crippen LogP contribution in [-0.2, 0) is 5.41 Å². The first-order valence-electron chi connectivity index (χ1n) is 5.95. The van der Waals surface area contributed by atoms with Gasteiger partial charge in [-0.05, 0) is 44.0 Å². The molecule has 0 amide bonds. The number of hydrogen-bond donors (Lipinski definition) is 2. The Morgan fingerprint density at radius 2 is 1.67 bits per heavy atom. The molecule has 3 rings (SSSR count). The molecule has 0 aliphatic carbocycles. The number of rotatable bonds is 0. The topological polar surface area (TPSA) is 24.1 Å². The number of piperidine rings is 1. The molecule has 0 saturated carbocycles. The Hall–Kier alpha value is -1.02. The van der Waals surface area contributed by atoms with Crippen molar-refractivity contribution in [2.24, 2.45) is 0 Å². The van der Waals surface area contributed by atoms with Gasteiger partial charge in [0.2, 0.25) is 0 Å². The first-order valence-corrected chi connectivity index (χ1v) is 5.95. The van der Waals surface area contributed by atoms with Crippen LogP contribution in [0.2, 0.25) is 0 Å². The summed E-state index contributed by atoms with van der Waals surface area (Å²) in [5.41, 5.74) is 3.39. The Morgan fingerprint density at radius 1 is 0.933 bits per heavy atom. The monoisotopic (exact) mass is 202 g/mol. The van der Waals surface area contributed by atoms with Gasteiger partial charge in [-0.1, -0.05) is 18.2 Å². The molecule has 1 fully saturated rings. The van der Waals surface area contributed by atoms with Crippen molar-refractivity contribution < 1.29 is 0 Å². The Kier molecular flexibility index (Phi) is 2.17. The van der Waals surface area contributed by atoms with Crippen molar-refractivity contribution in [1.82, 2.24) is 5.32 Å². The molecule has 0 atom stereocenters. The molecule has 2 nitrogen and oxygen atoms in total. The molecule has 2 N–H and O–H groups in total. The van der Waals surface area contributed by atoms with E-state index in [-0.39, 0.29) is 0 Å². The maximum atomic E-state index is 3.51. The molecule has 2 aliphatic rings. The van der Waals surface area contributed by atoms with Gasteiger partial charge >= 0.3 is 0 Å². The molecule has 80 valence electrons. The zero-order valence-corrected chi connectivity index (χ0v) is 9.05. The second-order valence-electron chi connectivity index (χ2n) is 4.75. The Morgan fingerprint density at radius 3 is 2.53 bits per heavy atom. The summed E-state index contributed by atoms with van der Waals surface area (Å²) in [6, 6.07) is 8.84. The molecule has 2 aliphatic heterocycles. The number of nitrogens with one attached hydrogen (secondary N) is 2. The van der Waals surface area contributed by atoms with Crippen molar-refractivity contribution in [3.05, 3.63) is 29.8 Å². The van der Waals surface area contributed by atoms with Gasteiger partial charge in [-0.25, -0.2) is 0 Å². The maximum Gasteiger partial charge on any atom is 0.0378 e. The third-order valence-electron chi connectivity index (χ3n) is 3.98. The molecule has 2 heterocycles. The van der Waals surface area contributed by atoms with Crippen LogP contribution < -0.4 is 10.6 Å². The molecule has 1 saturated heterocycles. The first-order chi connectivity index (χ1) is 7.41. The predicted molar refractivity (Wildman–Crippen MR) is 63.3 cm³/mol. The van der Waals surface area contributed by atoms with E-state index in [0.29, 0.717) is 5.41 Å². The van der Waals surface area contributed by atoms with E-state index in [1.54, 1.807) is 5.56 Å². The molecule has 0 radical (unpaired) electrons. The predicted octanol–water partition coefficient (Wildman–Crippen LogP) is 2.12. The summed E-state index contributed by atoms with van der Waals surface area (Å²) in [7, 11) is 0. The van der Waals surface area contributed by atoms with E-state index in [2.05, 4.69) is 34.9 Å². The van der Waals surface area contributed by atoms with Crippen molar-refractivity contribution in [3.8, 4) is 0 Å². The standard InChI is InChI=1S/C13H18N2/c1-2-4-12-11(3-1)13(7-10-15-12)5-8-14-9-6-13/h1-4,14-15H,5-10H2. The second-order valence-corrected chi connectivity index (χ2v) is 4.75. The van der Waals surface area contributed by atoms with Gasteiger partial charge in [-0.15, -0.1) is 0 Å². The molecule has 1 aromatic rings. The summed E-state index contributed by atoms with van der Waals surface area (Å²) in [4.78, 5) is 0. The highest BCUT2D eigenvalue weighted by atomic mass is 14.9. The van der Waals surface area contributed by atoms with Crippen LogP contribution in [0.3, 0.4) is 0 Å². The fourth-order valence-electron chi connectivity index (χ4n) is 3.10. The maximum absolute atomic E-state index is 3.51. The largest absolute Gasteiger partial charge is 0.385 e. The Balaban J connectivity index is 2.04. The SMILES string of the molecule is c1ccc2c(c1)NCCC21CCNCC1. The highest BCUT2D eigenvalue weighted by Gasteiger charge is 2.37. The van der Waals surface area contributed by atoms with Gasteiger partial charge in [0.05, 0.1) is 0 Å². The molecule has 1 aromatic carbocycles.